The van der Waals surface area contributed by atoms with E-state index in [4.69, 9.17) is 16.0 Å². The molecule has 1 saturated heterocycles. The minimum atomic E-state index is -0.490. The predicted octanol–water partition coefficient (Wildman–Crippen LogP) is 3.01. The maximum Gasteiger partial charge on any atom is 0.197 e. The molecule has 0 amide bonds. The number of aromatic hydroxyl groups is 3. The van der Waals surface area contributed by atoms with Gasteiger partial charge < -0.3 is 29.7 Å². The molecule has 152 valence electrons. The van der Waals surface area contributed by atoms with Gasteiger partial charge in [-0.15, -0.1) is 0 Å². The first kappa shape index (κ1) is 19.6. The number of halogens is 1. The molecule has 2 atom stereocenters. The maximum absolute atomic E-state index is 12.8. The summed E-state index contributed by atoms with van der Waals surface area (Å²) in [4.78, 5) is 14.8. The van der Waals surface area contributed by atoms with Gasteiger partial charge >= 0.3 is 0 Å². The zero-order valence-electron chi connectivity index (χ0n) is 15.6. The van der Waals surface area contributed by atoms with Gasteiger partial charge in [0.25, 0.3) is 0 Å². The molecule has 2 heterocycles. The zero-order valence-corrected chi connectivity index (χ0v) is 16.3. The van der Waals surface area contributed by atoms with E-state index in [1.54, 1.807) is 0 Å². The second kappa shape index (κ2) is 7.26. The second-order valence-electron chi connectivity index (χ2n) is 7.30. The van der Waals surface area contributed by atoms with Crippen molar-refractivity contribution < 1.29 is 24.8 Å². The van der Waals surface area contributed by atoms with Gasteiger partial charge in [0.15, 0.2) is 5.43 Å². The smallest absolute Gasteiger partial charge is 0.197 e. The van der Waals surface area contributed by atoms with Gasteiger partial charge in [0.05, 0.1) is 11.6 Å². The van der Waals surface area contributed by atoms with E-state index in [-0.39, 0.29) is 57.6 Å². The third kappa shape index (κ3) is 3.21. The number of aliphatic hydroxyl groups excluding tert-OH is 1. The number of fused-ring (bicyclic) bond motifs is 1. The van der Waals surface area contributed by atoms with Gasteiger partial charge in [0.2, 0.25) is 0 Å². The number of nitrogens with zero attached hydrogens (tertiary/aromatic N) is 1. The van der Waals surface area contributed by atoms with Crippen molar-refractivity contribution in [3.8, 4) is 28.6 Å². The average molecular weight is 418 g/mol. The maximum atomic E-state index is 12.8. The SMILES string of the molecule is CN1CC[C@@H](c2c(O)cc(O)c3c(=O)cc(-c4ccc(O)cc4Cl)oc23)[C@@H]1CO. The first-order valence-corrected chi connectivity index (χ1v) is 9.52. The monoisotopic (exact) mass is 417 g/mol. The van der Waals surface area contributed by atoms with Crippen molar-refractivity contribution in [2.24, 2.45) is 0 Å². The highest BCUT2D eigenvalue weighted by Gasteiger charge is 2.36. The Kier molecular flexibility index (Phi) is 4.90. The lowest BCUT2D eigenvalue weighted by atomic mass is 9.89. The fourth-order valence-corrected chi connectivity index (χ4v) is 4.40. The van der Waals surface area contributed by atoms with Crippen LogP contribution in [0.1, 0.15) is 17.9 Å². The molecule has 0 bridgehead atoms. The molecule has 0 radical (unpaired) electrons. The molecule has 4 N–H and O–H groups in total. The fraction of sp³-hybridized carbons (Fsp3) is 0.286. The molecule has 4 rings (SSSR count). The fourth-order valence-electron chi connectivity index (χ4n) is 4.13. The van der Waals surface area contributed by atoms with E-state index in [0.29, 0.717) is 24.1 Å². The number of benzene rings is 2. The summed E-state index contributed by atoms with van der Waals surface area (Å²) in [5.74, 6) is -0.763. The van der Waals surface area contributed by atoms with E-state index in [1.165, 1.54) is 24.3 Å². The van der Waals surface area contributed by atoms with Gasteiger partial charge in [-0.1, -0.05) is 11.6 Å². The predicted molar refractivity (Wildman–Crippen MR) is 109 cm³/mol. The summed E-state index contributed by atoms with van der Waals surface area (Å²) in [7, 11) is 1.87. The van der Waals surface area contributed by atoms with Crippen LogP contribution in [0.25, 0.3) is 22.3 Å². The molecule has 0 unspecified atom stereocenters. The van der Waals surface area contributed by atoms with Crippen LogP contribution < -0.4 is 5.43 Å². The first-order valence-electron chi connectivity index (χ1n) is 9.14. The third-order valence-electron chi connectivity index (χ3n) is 5.60. The van der Waals surface area contributed by atoms with Gasteiger partial charge in [-0.05, 0) is 38.2 Å². The van der Waals surface area contributed by atoms with Crippen LogP contribution in [0.15, 0.2) is 39.5 Å². The molecule has 2 aromatic carbocycles. The van der Waals surface area contributed by atoms with E-state index in [9.17, 15) is 25.2 Å². The average Bonchev–Trinajstić information content (AvgIpc) is 3.01. The van der Waals surface area contributed by atoms with Crippen LogP contribution in [0.2, 0.25) is 5.02 Å². The lowest BCUT2D eigenvalue weighted by Crippen LogP contribution is -2.32. The number of rotatable bonds is 3. The Hall–Kier alpha value is -2.74. The quantitative estimate of drug-likeness (QED) is 0.518. The molecule has 1 aliphatic heterocycles. The van der Waals surface area contributed by atoms with Crippen LogP contribution in [0.5, 0.6) is 17.2 Å². The van der Waals surface area contributed by atoms with Gasteiger partial charge in [0.1, 0.15) is 34.0 Å². The Morgan fingerprint density at radius 2 is 1.93 bits per heavy atom. The van der Waals surface area contributed by atoms with E-state index in [0.717, 1.165) is 6.07 Å². The van der Waals surface area contributed by atoms with E-state index in [2.05, 4.69) is 0 Å². The Balaban J connectivity index is 2.01. The minimum Gasteiger partial charge on any atom is -0.508 e. The minimum absolute atomic E-state index is 0.0300. The molecule has 3 aromatic rings. The van der Waals surface area contributed by atoms with Crippen LogP contribution in [-0.4, -0.2) is 51.6 Å². The molecule has 0 spiro atoms. The number of likely N-dealkylation sites (tertiary alicyclic amines) is 1. The van der Waals surface area contributed by atoms with Crippen molar-refractivity contribution in [2.45, 2.75) is 18.4 Å². The lowest BCUT2D eigenvalue weighted by molar-refractivity contribution is 0.172. The number of phenolic OH excluding ortho intramolecular Hbond substituents is 3. The molecule has 1 aliphatic rings. The molecular formula is C21H20ClNO6. The number of phenols is 3. The zero-order chi connectivity index (χ0) is 20.9. The summed E-state index contributed by atoms with van der Waals surface area (Å²) in [6.45, 7) is 0.572. The molecule has 7 nitrogen and oxygen atoms in total. The van der Waals surface area contributed by atoms with E-state index < -0.39 is 5.43 Å². The topological polar surface area (TPSA) is 114 Å². The van der Waals surface area contributed by atoms with Crippen LogP contribution in [0.4, 0.5) is 0 Å². The number of hydrogen-bond acceptors (Lipinski definition) is 7. The molecule has 0 saturated carbocycles. The van der Waals surface area contributed by atoms with Crippen LogP contribution in [0.3, 0.4) is 0 Å². The summed E-state index contributed by atoms with van der Waals surface area (Å²) in [6.07, 6.45) is 0.642. The Morgan fingerprint density at radius 1 is 1.17 bits per heavy atom. The van der Waals surface area contributed by atoms with Gasteiger partial charge in [-0.25, -0.2) is 0 Å². The Morgan fingerprint density at radius 3 is 2.62 bits per heavy atom. The van der Waals surface area contributed by atoms with E-state index >= 15 is 0 Å². The summed E-state index contributed by atoms with van der Waals surface area (Å²) >= 11 is 6.20. The molecule has 29 heavy (non-hydrogen) atoms. The molecular weight excluding hydrogens is 398 g/mol. The van der Waals surface area contributed by atoms with Crippen LogP contribution in [0, 0.1) is 0 Å². The Labute approximate surface area is 171 Å². The summed E-state index contributed by atoms with van der Waals surface area (Å²) in [5, 5.41) is 40.5. The lowest BCUT2D eigenvalue weighted by Gasteiger charge is -2.24. The molecule has 0 aliphatic carbocycles. The van der Waals surface area contributed by atoms with Crippen molar-refractivity contribution in [2.75, 3.05) is 20.2 Å². The summed E-state index contributed by atoms with van der Waals surface area (Å²) < 4.78 is 6.00. The normalized spacial score (nSPS) is 19.8. The van der Waals surface area contributed by atoms with Crippen molar-refractivity contribution in [3.63, 3.8) is 0 Å². The van der Waals surface area contributed by atoms with Crippen molar-refractivity contribution in [1.29, 1.82) is 0 Å². The van der Waals surface area contributed by atoms with Crippen LogP contribution in [-0.2, 0) is 0 Å². The highest BCUT2D eigenvalue weighted by molar-refractivity contribution is 6.33. The standard InChI is InChI=1S/C21H20ClNO6/c1-23-5-4-12(14(23)9-24)19-15(26)7-16(27)20-17(28)8-18(29-21(19)20)11-3-2-10(25)6-13(11)22/h2-3,6-8,12,14,24-27H,4-5,9H2,1H3/t12-,14+/m1/s1. The van der Waals surface area contributed by atoms with Crippen LogP contribution >= 0.6 is 11.6 Å². The second-order valence-corrected chi connectivity index (χ2v) is 7.70. The highest BCUT2D eigenvalue weighted by Crippen LogP contribution is 2.44. The highest BCUT2D eigenvalue weighted by atomic mass is 35.5. The van der Waals surface area contributed by atoms with E-state index in [1.807, 2.05) is 11.9 Å². The van der Waals surface area contributed by atoms with Crippen molar-refractivity contribution in [3.05, 3.63) is 51.1 Å². The number of hydrogen-bond donors (Lipinski definition) is 4. The summed E-state index contributed by atoms with van der Waals surface area (Å²) in [6, 6.07) is 6.35. The third-order valence-corrected chi connectivity index (χ3v) is 5.91. The van der Waals surface area contributed by atoms with Gasteiger partial charge in [-0.3, -0.25) is 4.79 Å². The largest absolute Gasteiger partial charge is 0.508 e. The molecule has 8 heteroatoms. The van der Waals surface area contributed by atoms with Crippen molar-refractivity contribution in [1.82, 2.24) is 4.90 Å². The first-order chi connectivity index (χ1) is 13.8. The Bertz CT molecular complexity index is 1160. The van der Waals surface area contributed by atoms with Gasteiger partial charge in [0, 0.05) is 35.2 Å². The summed E-state index contributed by atoms with van der Waals surface area (Å²) in [5.41, 5.74) is 0.332. The van der Waals surface area contributed by atoms with Gasteiger partial charge in [-0.2, -0.15) is 0 Å². The number of likely N-dealkylation sites (N-methyl/N-ethyl adjacent to an activating group) is 1. The molecule has 1 fully saturated rings. The number of aliphatic hydroxyl groups is 1. The van der Waals surface area contributed by atoms with Crippen molar-refractivity contribution >= 4 is 22.6 Å². The molecule has 1 aromatic heterocycles.